The van der Waals surface area contributed by atoms with Crippen molar-refractivity contribution < 1.29 is 4.79 Å². The van der Waals surface area contributed by atoms with Crippen molar-refractivity contribution in [3.63, 3.8) is 0 Å². The molecule has 1 saturated heterocycles. The number of hydrogen-bond acceptors (Lipinski definition) is 4. The minimum absolute atomic E-state index is 0.372. The molecule has 0 aromatic heterocycles. The Balaban J connectivity index is 2.49. The van der Waals surface area contributed by atoms with Crippen LogP contribution in [-0.4, -0.2) is 35.1 Å². The molecule has 5 heteroatoms. The molecule has 1 aliphatic heterocycles. The van der Waals surface area contributed by atoms with E-state index in [9.17, 15) is 4.79 Å². The first-order valence-corrected chi connectivity index (χ1v) is 5.14. The molecule has 12 heavy (non-hydrogen) atoms. The van der Waals surface area contributed by atoms with Crippen molar-refractivity contribution in [2.75, 3.05) is 19.3 Å². The molecule has 1 fully saturated rings. The van der Waals surface area contributed by atoms with E-state index in [4.69, 9.17) is 11.5 Å². The fraction of sp³-hybridized carbons (Fsp3) is 0.857. The average Bonchev–Trinajstić information content (AvgIpc) is 2.06. The van der Waals surface area contributed by atoms with Crippen molar-refractivity contribution in [3.8, 4) is 0 Å². The van der Waals surface area contributed by atoms with E-state index in [-0.39, 0.29) is 5.91 Å². The van der Waals surface area contributed by atoms with E-state index in [1.807, 2.05) is 6.26 Å². The molecule has 1 heterocycles. The second-order valence-corrected chi connectivity index (χ2v) is 4.01. The number of hydrogen-bond donors (Lipinski definition) is 2. The number of nitrogens with zero attached hydrogens (tertiary/aromatic N) is 1. The Bertz CT molecular complexity index is 177. The van der Waals surface area contributed by atoms with E-state index in [0.29, 0.717) is 12.8 Å². The number of carbonyl (C=O) groups excluding carboxylic acids is 1. The summed E-state index contributed by atoms with van der Waals surface area (Å²) in [5.41, 5.74) is 10.2. The van der Waals surface area contributed by atoms with Crippen molar-refractivity contribution in [2.24, 2.45) is 11.5 Å². The lowest BCUT2D eigenvalue weighted by Crippen LogP contribution is -2.57. The van der Waals surface area contributed by atoms with Crippen molar-refractivity contribution in [3.05, 3.63) is 0 Å². The molecule has 1 amide bonds. The molecule has 1 rings (SSSR count). The van der Waals surface area contributed by atoms with Gasteiger partial charge < -0.3 is 11.5 Å². The zero-order chi connectivity index (χ0) is 9.19. The number of primary amides is 1. The molecule has 0 atom stereocenters. The van der Waals surface area contributed by atoms with Gasteiger partial charge in [-0.1, -0.05) is 11.9 Å². The third kappa shape index (κ3) is 1.91. The van der Waals surface area contributed by atoms with Crippen molar-refractivity contribution in [1.29, 1.82) is 0 Å². The van der Waals surface area contributed by atoms with Crippen LogP contribution in [0.3, 0.4) is 0 Å². The van der Waals surface area contributed by atoms with E-state index in [2.05, 4.69) is 4.31 Å². The molecule has 0 aliphatic carbocycles. The normalized spacial score (nSPS) is 23.8. The summed E-state index contributed by atoms with van der Waals surface area (Å²) in [6.45, 7) is 1.70. The van der Waals surface area contributed by atoms with Crippen molar-refractivity contribution in [2.45, 2.75) is 18.4 Å². The van der Waals surface area contributed by atoms with Gasteiger partial charge in [0.1, 0.15) is 0 Å². The highest BCUT2D eigenvalue weighted by atomic mass is 32.2. The van der Waals surface area contributed by atoms with Crippen molar-refractivity contribution >= 4 is 17.9 Å². The van der Waals surface area contributed by atoms with Crippen LogP contribution in [-0.2, 0) is 4.79 Å². The molecular formula is C7H15N3OS. The van der Waals surface area contributed by atoms with E-state index < -0.39 is 5.54 Å². The molecule has 0 spiro atoms. The number of carbonyl (C=O) groups is 1. The maximum Gasteiger partial charge on any atom is 0.237 e. The SMILES string of the molecule is CSN1CCC(N)(C(N)=O)CC1. The zero-order valence-corrected chi connectivity index (χ0v) is 8.06. The first kappa shape index (κ1) is 9.83. The Morgan fingerprint density at radius 3 is 2.33 bits per heavy atom. The molecular weight excluding hydrogens is 174 g/mol. The van der Waals surface area contributed by atoms with E-state index >= 15 is 0 Å². The summed E-state index contributed by atoms with van der Waals surface area (Å²) in [5, 5.41) is 0. The van der Waals surface area contributed by atoms with Crippen LogP contribution in [0, 0.1) is 0 Å². The Labute approximate surface area is 76.8 Å². The summed E-state index contributed by atoms with van der Waals surface area (Å²) in [4.78, 5) is 10.9. The predicted octanol–water partition coefficient (Wildman–Crippen LogP) is -0.457. The summed E-state index contributed by atoms with van der Waals surface area (Å²) in [5.74, 6) is -0.372. The molecule has 0 bridgehead atoms. The van der Waals surface area contributed by atoms with Gasteiger partial charge in [-0.15, -0.1) is 0 Å². The van der Waals surface area contributed by atoms with Gasteiger partial charge in [-0.05, 0) is 19.1 Å². The van der Waals surface area contributed by atoms with E-state index in [1.54, 1.807) is 11.9 Å². The largest absolute Gasteiger partial charge is 0.368 e. The van der Waals surface area contributed by atoms with Gasteiger partial charge >= 0.3 is 0 Å². The second kappa shape index (κ2) is 3.64. The average molecular weight is 189 g/mol. The van der Waals surface area contributed by atoms with Gasteiger partial charge in [0.15, 0.2) is 0 Å². The van der Waals surface area contributed by atoms with Crippen LogP contribution in [0.15, 0.2) is 0 Å². The Morgan fingerprint density at radius 1 is 1.50 bits per heavy atom. The van der Waals surface area contributed by atoms with Gasteiger partial charge in [0.05, 0.1) is 5.54 Å². The van der Waals surface area contributed by atoms with Gasteiger partial charge in [-0.25, -0.2) is 0 Å². The topological polar surface area (TPSA) is 72.3 Å². The molecule has 0 aromatic carbocycles. The minimum Gasteiger partial charge on any atom is -0.368 e. The first-order valence-electron chi connectivity index (χ1n) is 3.96. The quantitative estimate of drug-likeness (QED) is 0.577. The summed E-state index contributed by atoms with van der Waals surface area (Å²) >= 11 is 1.68. The Hall–Kier alpha value is -0.260. The summed E-state index contributed by atoms with van der Waals surface area (Å²) < 4.78 is 2.19. The van der Waals surface area contributed by atoms with Crippen LogP contribution in [0.1, 0.15) is 12.8 Å². The number of piperidine rings is 1. The van der Waals surface area contributed by atoms with Crippen LogP contribution < -0.4 is 11.5 Å². The van der Waals surface area contributed by atoms with Crippen molar-refractivity contribution in [1.82, 2.24) is 4.31 Å². The summed E-state index contributed by atoms with van der Waals surface area (Å²) in [6, 6.07) is 0. The molecule has 0 radical (unpaired) electrons. The van der Waals surface area contributed by atoms with Crippen LogP contribution in [0.25, 0.3) is 0 Å². The van der Waals surface area contributed by atoms with E-state index in [0.717, 1.165) is 13.1 Å². The van der Waals surface area contributed by atoms with Crippen LogP contribution in [0.4, 0.5) is 0 Å². The van der Waals surface area contributed by atoms with E-state index in [1.165, 1.54) is 0 Å². The lowest BCUT2D eigenvalue weighted by molar-refractivity contribution is -0.124. The molecule has 4 nitrogen and oxygen atoms in total. The van der Waals surface area contributed by atoms with Crippen LogP contribution >= 0.6 is 11.9 Å². The third-order valence-corrected chi connectivity index (χ3v) is 3.25. The predicted molar refractivity (Wildman–Crippen MR) is 50.4 cm³/mol. The van der Waals surface area contributed by atoms with Gasteiger partial charge in [-0.2, -0.15) is 0 Å². The number of nitrogens with two attached hydrogens (primary N) is 2. The van der Waals surface area contributed by atoms with Gasteiger partial charge in [0, 0.05) is 13.1 Å². The molecule has 4 N–H and O–H groups in total. The minimum atomic E-state index is -0.758. The van der Waals surface area contributed by atoms with Gasteiger partial charge in [0.25, 0.3) is 0 Å². The fourth-order valence-corrected chi connectivity index (χ4v) is 1.86. The maximum atomic E-state index is 10.9. The molecule has 70 valence electrons. The van der Waals surface area contributed by atoms with Crippen LogP contribution in [0.5, 0.6) is 0 Å². The smallest absolute Gasteiger partial charge is 0.237 e. The fourth-order valence-electron chi connectivity index (χ4n) is 1.31. The Kier molecular flexibility index (Phi) is 2.98. The highest BCUT2D eigenvalue weighted by molar-refractivity contribution is 7.96. The molecule has 0 unspecified atom stereocenters. The van der Waals surface area contributed by atoms with Gasteiger partial charge in [-0.3, -0.25) is 9.10 Å². The highest BCUT2D eigenvalue weighted by Crippen LogP contribution is 2.22. The summed E-state index contributed by atoms with van der Waals surface area (Å²) in [7, 11) is 0. The lowest BCUT2D eigenvalue weighted by Gasteiger charge is -2.35. The molecule has 1 aliphatic rings. The van der Waals surface area contributed by atoms with Gasteiger partial charge in [0.2, 0.25) is 5.91 Å². The molecule has 0 saturated carbocycles. The highest BCUT2D eigenvalue weighted by Gasteiger charge is 2.35. The number of amides is 1. The third-order valence-electron chi connectivity index (χ3n) is 2.36. The monoisotopic (exact) mass is 189 g/mol. The Morgan fingerprint density at radius 2 is 2.00 bits per heavy atom. The molecule has 0 aromatic rings. The second-order valence-electron chi connectivity index (χ2n) is 3.13. The maximum absolute atomic E-state index is 10.9. The number of rotatable bonds is 2. The van der Waals surface area contributed by atoms with Crippen LogP contribution in [0.2, 0.25) is 0 Å². The first-order chi connectivity index (χ1) is 5.58. The lowest BCUT2D eigenvalue weighted by atomic mass is 9.89. The standard InChI is InChI=1S/C7H15N3OS/c1-12-10-4-2-7(9,3-5-10)6(8)11/h2-5,9H2,1H3,(H2,8,11). The summed E-state index contributed by atoms with van der Waals surface area (Å²) in [6.07, 6.45) is 3.36. The zero-order valence-electron chi connectivity index (χ0n) is 7.25.